The van der Waals surface area contributed by atoms with E-state index >= 15 is 0 Å². The van der Waals surface area contributed by atoms with Crippen molar-refractivity contribution in [2.45, 2.75) is 14.7 Å². The third-order valence-electron chi connectivity index (χ3n) is 15.1. The van der Waals surface area contributed by atoms with Crippen molar-refractivity contribution in [1.29, 1.82) is 0 Å². The number of nitrogens with zero attached hydrogens (tertiary/aromatic N) is 4. The average molecular weight is 1120 g/mol. The third-order valence-corrected chi connectivity index (χ3v) is 17.3. The lowest BCUT2D eigenvalue weighted by molar-refractivity contribution is 0.627. The van der Waals surface area contributed by atoms with Crippen LogP contribution in [-0.4, -0.2) is 18.3 Å². The number of para-hydroxylation sites is 4. The Kier molecular flexibility index (Phi) is 13.2. The molecule has 388 valence electrons. The molecule has 16 aromatic rings. The van der Waals surface area contributed by atoms with E-state index in [0.717, 1.165) is 59.1 Å². The van der Waals surface area contributed by atoms with Gasteiger partial charge in [-0.3, -0.25) is 0 Å². The van der Waals surface area contributed by atoms with Gasteiger partial charge in [0.25, 0.3) is 0 Å². The zero-order chi connectivity index (χ0) is 54.6. The van der Waals surface area contributed by atoms with Gasteiger partial charge in [0, 0.05) is 70.8 Å². The van der Waals surface area contributed by atoms with Gasteiger partial charge in [-0.15, -0.1) is 12.6 Å². The quantitative estimate of drug-likeness (QED) is 0.165. The first-order chi connectivity index (χ1) is 39.8. The van der Waals surface area contributed by atoms with Crippen LogP contribution in [-0.2, 0) is 0 Å². The molecule has 0 fully saturated rings. The molecule has 16 rings (SSSR count). The standard InChI is InChI=1S/C36H23ClN2S.C30H18ClFN2.C6H6S/c37-36-33(15-8-16-35(36)40-28-9-2-1-3-10-28)38-20-19-25-21-26-22-27(18-17-24(26)23-34(25)38)39-31-13-6-4-11-29(31)30-12-5-7-14-32(30)39;31-30-25(32)8-5-11-28(30)33-15-14-20-16-21-17-22(13-12-19(21)18-29(20)33)34-26-9-3-1-6-23(26)24-7-2-4-10-27(24)34;7-6-4-2-1-3-5-6/h1-23H;1-18H;1-5,7H. The van der Waals surface area contributed by atoms with Crippen molar-refractivity contribution in [3.8, 4) is 22.7 Å². The van der Waals surface area contributed by atoms with Crippen LogP contribution in [0.1, 0.15) is 0 Å². The van der Waals surface area contributed by atoms with E-state index in [9.17, 15) is 4.39 Å². The Bertz CT molecular complexity index is 4940. The first kappa shape index (κ1) is 50.3. The predicted octanol–water partition coefficient (Wildman–Crippen LogP) is 21.3. The number of hydrogen-bond donors (Lipinski definition) is 1. The monoisotopic (exact) mass is 1120 g/mol. The summed E-state index contributed by atoms with van der Waals surface area (Å²) < 4.78 is 22.9. The van der Waals surface area contributed by atoms with E-state index < -0.39 is 5.82 Å². The number of aromatic nitrogens is 4. The molecule has 0 aliphatic rings. The van der Waals surface area contributed by atoms with Gasteiger partial charge >= 0.3 is 0 Å². The van der Waals surface area contributed by atoms with Gasteiger partial charge in [0.2, 0.25) is 0 Å². The Balaban J connectivity index is 0.000000131. The van der Waals surface area contributed by atoms with E-state index in [1.807, 2.05) is 59.3 Å². The number of rotatable bonds is 6. The lowest BCUT2D eigenvalue weighted by Crippen LogP contribution is -1.95. The lowest BCUT2D eigenvalue weighted by Gasteiger charge is -2.13. The maximum Gasteiger partial charge on any atom is 0.143 e. The molecular weight excluding hydrogens is 1070 g/mol. The highest BCUT2D eigenvalue weighted by Gasteiger charge is 2.17. The van der Waals surface area contributed by atoms with Gasteiger partial charge in [-0.25, -0.2) is 4.39 Å². The molecule has 0 N–H and O–H groups in total. The fourth-order valence-electron chi connectivity index (χ4n) is 11.3. The topological polar surface area (TPSA) is 19.7 Å². The molecule has 0 aliphatic heterocycles. The zero-order valence-electron chi connectivity index (χ0n) is 43.3. The molecule has 0 saturated heterocycles. The molecule has 0 spiro atoms. The first-order valence-corrected chi connectivity index (χ1v) is 28.6. The first-order valence-electron chi connectivity index (χ1n) is 26.6. The third kappa shape index (κ3) is 9.28. The number of hydrogen-bond acceptors (Lipinski definition) is 2. The molecule has 0 unspecified atom stereocenters. The van der Waals surface area contributed by atoms with Gasteiger partial charge in [0.1, 0.15) is 10.8 Å². The van der Waals surface area contributed by atoms with Gasteiger partial charge in [-0.05, 0) is 155 Å². The van der Waals surface area contributed by atoms with Crippen molar-refractivity contribution in [2.75, 3.05) is 0 Å². The van der Waals surface area contributed by atoms with E-state index in [4.69, 9.17) is 23.2 Å². The summed E-state index contributed by atoms with van der Waals surface area (Å²) in [5, 5.41) is 12.9. The fraction of sp³-hybridized carbons (Fsp3) is 0. The maximum absolute atomic E-state index is 14.1. The molecule has 0 radical (unpaired) electrons. The molecule has 4 nitrogen and oxygen atoms in total. The summed E-state index contributed by atoms with van der Waals surface area (Å²) in [5.74, 6) is -0.419. The minimum Gasteiger partial charge on any atom is -0.315 e. The van der Waals surface area contributed by atoms with Crippen LogP contribution in [0.2, 0.25) is 10.0 Å². The summed E-state index contributed by atoms with van der Waals surface area (Å²) in [7, 11) is 0. The number of thiol groups is 1. The van der Waals surface area contributed by atoms with E-state index in [2.05, 4.69) is 239 Å². The Labute approximate surface area is 486 Å². The number of halogens is 3. The summed E-state index contributed by atoms with van der Waals surface area (Å²) in [4.78, 5) is 3.23. The van der Waals surface area contributed by atoms with Crippen LogP contribution in [0.5, 0.6) is 0 Å². The molecule has 12 aromatic carbocycles. The van der Waals surface area contributed by atoms with Crippen molar-refractivity contribution in [1.82, 2.24) is 18.3 Å². The van der Waals surface area contributed by atoms with Crippen molar-refractivity contribution in [3.05, 3.63) is 295 Å². The predicted molar refractivity (Wildman–Crippen MR) is 344 cm³/mol. The van der Waals surface area contributed by atoms with Crippen LogP contribution >= 0.6 is 47.6 Å². The van der Waals surface area contributed by atoms with Gasteiger partial charge in [0.05, 0.1) is 49.5 Å². The molecule has 0 bridgehead atoms. The van der Waals surface area contributed by atoms with Crippen molar-refractivity contribution >= 4 is 135 Å². The van der Waals surface area contributed by atoms with Crippen LogP contribution in [0, 0.1) is 5.82 Å². The Morgan fingerprint density at radius 1 is 0.333 bits per heavy atom. The van der Waals surface area contributed by atoms with Crippen LogP contribution in [0.15, 0.2) is 294 Å². The van der Waals surface area contributed by atoms with Crippen LogP contribution < -0.4 is 0 Å². The van der Waals surface area contributed by atoms with Gasteiger partial charge < -0.3 is 18.3 Å². The fourth-order valence-corrected chi connectivity index (χ4v) is 12.9. The highest BCUT2D eigenvalue weighted by atomic mass is 35.5. The average Bonchev–Trinajstić information content (AvgIpc) is 4.45. The van der Waals surface area contributed by atoms with Crippen molar-refractivity contribution in [2.24, 2.45) is 0 Å². The second kappa shape index (κ2) is 21.3. The van der Waals surface area contributed by atoms with Crippen molar-refractivity contribution < 1.29 is 4.39 Å². The molecule has 0 aliphatic carbocycles. The van der Waals surface area contributed by atoms with Gasteiger partial charge in [-0.1, -0.05) is 168 Å². The zero-order valence-corrected chi connectivity index (χ0v) is 46.6. The van der Waals surface area contributed by atoms with E-state index in [-0.39, 0.29) is 5.02 Å². The summed E-state index contributed by atoms with van der Waals surface area (Å²) in [6, 6.07) is 92.0. The minimum absolute atomic E-state index is 0.127. The summed E-state index contributed by atoms with van der Waals surface area (Å²) >= 11 is 19.0. The molecule has 81 heavy (non-hydrogen) atoms. The summed E-state index contributed by atoms with van der Waals surface area (Å²) in [6.07, 6.45) is 4.06. The van der Waals surface area contributed by atoms with Gasteiger partial charge in [-0.2, -0.15) is 0 Å². The Morgan fingerprint density at radius 2 is 0.753 bits per heavy atom. The van der Waals surface area contributed by atoms with Crippen LogP contribution in [0.25, 0.3) is 110 Å². The smallest absolute Gasteiger partial charge is 0.143 e. The normalized spacial score (nSPS) is 11.5. The Morgan fingerprint density at radius 3 is 1.21 bits per heavy atom. The molecule has 9 heteroatoms. The molecule has 0 saturated carbocycles. The minimum atomic E-state index is -0.419. The number of benzene rings is 12. The molecular formula is C72H47Cl2FN4S2. The lowest BCUT2D eigenvalue weighted by atomic mass is 10.1. The summed E-state index contributed by atoms with van der Waals surface area (Å²) in [5.41, 5.74) is 10.9. The van der Waals surface area contributed by atoms with Crippen LogP contribution in [0.4, 0.5) is 4.39 Å². The number of fused-ring (bicyclic) bond motifs is 10. The SMILES string of the molecule is Clc1c(Sc2ccccc2)cccc1-n1ccc2cc3cc(-n4c5ccccc5c5ccccc54)ccc3cc21.Fc1cccc(-n2ccc3cc4cc(-n5c6ccccc6c6ccccc65)ccc4cc32)c1Cl.Sc1ccccc1. The molecule has 0 amide bonds. The largest absolute Gasteiger partial charge is 0.315 e. The highest BCUT2D eigenvalue weighted by molar-refractivity contribution is 7.99. The highest BCUT2D eigenvalue weighted by Crippen LogP contribution is 2.40. The van der Waals surface area contributed by atoms with E-state index in [1.165, 1.54) is 70.7 Å². The summed E-state index contributed by atoms with van der Waals surface area (Å²) in [6.45, 7) is 0. The van der Waals surface area contributed by atoms with E-state index in [0.29, 0.717) is 5.69 Å². The second-order valence-electron chi connectivity index (χ2n) is 19.9. The Hall–Kier alpha value is -8.95. The van der Waals surface area contributed by atoms with Crippen molar-refractivity contribution in [3.63, 3.8) is 0 Å². The molecule has 0 atom stereocenters. The molecule has 4 aromatic heterocycles. The van der Waals surface area contributed by atoms with E-state index in [1.54, 1.807) is 17.8 Å². The van der Waals surface area contributed by atoms with Crippen LogP contribution in [0.3, 0.4) is 0 Å². The second-order valence-corrected chi connectivity index (χ2v) is 22.3. The van der Waals surface area contributed by atoms with Gasteiger partial charge in [0.15, 0.2) is 0 Å². The maximum atomic E-state index is 14.1. The molecule has 4 heterocycles.